The summed E-state index contributed by atoms with van der Waals surface area (Å²) in [6, 6.07) is 6.93. The molecule has 0 aliphatic heterocycles. The largest absolute Gasteiger partial charge is 0.461 e. The maximum absolute atomic E-state index is 12.0. The number of rotatable bonds is 5. The second-order valence-corrected chi connectivity index (χ2v) is 6.76. The van der Waals surface area contributed by atoms with Gasteiger partial charge in [-0.2, -0.15) is 11.8 Å². The smallest absolute Gasteiger partial charge is 0.338 e. The first-order chi connectivity index (χ1) is 9.91. The SMILES string of the molecule is CSC(C)(C)COC(=O)c1ccc(-c2nnc(C)o2)cc1. The summed E-state index contributed by atoms with van der Waals surface area (Å²) >= 11 is 1.66. The fraction of sp³-hybridized carbons (Fsp3) is 0.400. The summed E-state index contributed by atoms with van der Waals surface area (Å²) in [6.07, 6.45) is 2.00. The first kappa shape index (κ1) is 15.6. The summed E-state index contributed by atoms with van der Waals surface area (Å²) in [5, 5.41) is 7.71. The summed E-state index contributed by atoms with van der Waals surface area (Å²) in [6.45, 7) is 6.17. The van der Waals surface area contributed by atoms with Crippen LogP contribution in [0.5, 0.6) is 0 Å². The van der Waals surface area contributed by atoms with Gasteiger partial charge < -0.3 is 9.15 Å². The average molecular weight is 306 g/mol. The number of hydrogen-bond donors (Lipinski definition) is 0. The Morgan fingerprint density at radius 1 is 1.29 bits per heavy atom. The fourth-order valence-electron chi connectivity index (χ4n) is 1.54. The summed E-state index contributed by atoms with van der Waals surface area (Å²) < 4.78 is 10.6. The number of carbonyl (C=O) groups excluding carboxylic acids is 1. The van der Waals surface area contributed by atoms with E-state index in [1.807, 2.05) is 20.1 Å². The molecule has 0 aliphatic rings. The zero-order valence-electron chi connectivity index (χ0n) is 12.5. The zero-order valence-corrected chi connectivity index (χ0v) is 13.4. The van der Waals surface area contributed by atoms with Crippen molar-refractivity contribution in [2.24, 2.45) is 0 Å². The molecule has 2 rings (SSSR count). The highest BCUT2D eigenvalue weighted by Gasteiger charge is 2.19. The van der Waals surface area contributed by atoms with Gasteiger partial charge in [0.15, 0.2) is 0 Å². The van der Waals surface area contributed by atoms with Crippen molar-refractivity contribution in [1.29, 1.82) is 0 Å². The third-order valence-electron chi connectivity index (χ3n) is 3.00. The van der Waals surface area contributed by atoms with E-state index in [1.54, 1.807) is 43.0 Å². The Bertz CT molecular complexity index is 620. The number of ether oxygens (including phenoxy) is 1. The molecule has 2 aromatic rings. The molecule has 0 aliphatic carbocycles. The van der Waals surface area contributed by atoms with E-state index in [0.29, 0.717) is 24.0 Å². The minimum Gasteiger partial charge on any atom is -0.461 e. The standard InChI is InChI=1S/C15H18N2O3S/c1-10-16-17-13(20-10)11-5-7-12(8-6-11)14(18)19-9-15(2,3)21-4/h5-8H,9H2,1-4H3. The van der Waals surface area contributed by atoms with Crippen molar-refractivity contribution in [3.8, 4) is 11.5 Å². The molecule has 21 heavy (non-hydrogen) atoms. The third-order valence-corrected chi connectivity index (χ3v) is 4.22. The molecule has 0 fully saturated rings. The van der Waals surface area contributed by atoms with Crippen LogP contribution in [0.2, 0.25) is 0 Å². The van der Waals surface area contributed by atoms with Gasteiger partial charge in [0.05, 0.1) is 5.56 Å². The summed E-state index contributed by atoms with van der Waals surface area (Å²) in [5.74, 6) is 0.620. The van der Waals surface area contributed by atoms with Crippen LogP contribution in [0, 0.1) is 6.92 Å². The quantitative estimate of drug-likeness (QED) is 0.789. The van der Waals surface area contributed by atoms with Crippen molar-refractivity contribution >= 4 is 17.7 Å². The van der Waals surface area contributed by atoms with Crippen molar-refractivity contribution in [3.63, 3.8) is 0 Å². The lowest BCUT2D eigenvalue weighted by molar-refractivity contribution is 0.0478. The Balaban J connectivity index is 2.03. The van der Waals surface area contributed by atoms with Crippen LogP contribution in [0.4, 0.5) is 0 Å². The lowest BCUT2D eigenvalue weighted by atomic mass is 10.1. The number of nitrogens with zero attached hydrogens (tertiary/aromatic N) is 2. The van der Waals surface area contributed by atoms with E-state index < -0.39 is 0 Å². The highest BCUT2D eigenvalue weighted by molar-refractivity contribution is 7.99. The number of esters is 1. The van der Waals surface area contributed by atoms with E-state index in [4.69, 9.17) is 9.15 Å². The highest BCUT2D eigenvalue weighted by atomic mass is 32.2. The molecule has 0 N–H and O–H groups in total. The van der Waals surface area contributed by atoms with Gasteiger partial charge in [-0.25, -0.2) is 4.79 Å². The van der Waals surface area contributed by atoms with Crippen molar-refractivity contribution in [3.05, 3.63) is 35.7 Å². The second kappa shape index (κ2) is 6.30. The predicted molar refractivity (Wildman–Crippen MR) is 82.3 cm³/mol. The number of carbonyl (C=O) groups is 1. The van der Waals surface area contributed by atoms with Crippen LogP contribution in [-0.4, -0.2) is 33.8 Å². The monoisotopic (exact) mass is 306 g/mol. The molecule has 0 atom stereocenters. The highest BCUT2D eigenvalue weighted by Crippen LogP contribution is 2.22. The molecule has 0 unspecified atom stereocenters. The number of benzene rings is 1. The molecule has 0 saturated heterocycles. The van der Waals surface area contributed by atoms with Crippen molar-refractivity contribution in [2.75, 3.05) is 12.9 Å². The van der Waals surface area contributed by atoms with Crippen LogP contribution >= 0.6 is 11.8 Å². The Morgan fingerprint density at radius 3 is 2.48 bits per heavy atom. The Kier molecular flexibility index (Phi) is 4.67. The Morgan fingerprint density at radius 2 is 1.95 bits per heavy atom. The van der Waals surface area contributed by atoms with Gasteiger partial charge in [-0.3, -0.25) is 0 Å². The third kappa shape index (κ3) is 4.07. The molecule has 0 saturated carbocycles. The van der Waals surface area contributed by atoms with Gasteiger partial charge in [0.1, 0.15) is 6.61 Å². The molecule has 1 aromatic heterocycles. The predicted octanol–water partition coefficient (Wildman–Crippen LogP) is 3.34. The molecule has 1 heterocycles. The molecule has 0 spiro atoms. The van der Waals surface area contributed by atoms with Crippen molar-refractivity contribution < 1.29 is 13.9 Å². The van der Waals surface area contributed by atoms with E-state index in [0.717, 1.165) is 5.56 Å². The number of thioether (sulfide) groups is 1. The van der Waals surface area contributed by atoms with E-state index in [9.17, 15) is 4.79 Å². The minimum absolute atomic E-state index is 0.0864. The number of aryl methyl sites for hydroxylation is 1. The average Bonchev–Trinajstić information content (AvgIpc) is 2.92. The molecule has 0 radical (unpaired) electrons. The normalized spacial score (nSPS) is 11.4. The number of hydrogen-bond acceptors (Lipinski definition) is 6. The van der Waals surface area contributed by atoms with Crippen LogP contribution in [-0.2, 0) is 4.74 Å². The molecular formula is C15H18N2O3S. The first-order valence-electron chi connectivity index (χ1n) is 6.54. The van der Waals surface area contributed by atoms with Gasteiger partial charge in [-0.1, -0.05) is 0 Å². The Hall–Kier alpha value is -1.82. The van der Waals surface area contributed by atoms with Crippen LogP contribution in [0.15, 0.2) is 28.7 Å². The van der Waals surface area contributed by atoms with Crippen LogP contribution < -0.4 is 0 Å². The molecule has 0 amide bonds. The van der Waals surface area contributed by atoms with E-state index in [2.05, 4.69) is 10.2 Å². The van der Waals surface area contributed by atoms with Gasteiger partial charge in [-0.05, 0) is 44.4 Å². The Labute approximate surface area is 128 Å². The van der Waals surface area contributed by atoms with Gasteiger partial charge in [0.2, 0.25) is 11.8 Å². The van der Waals surface area contributed by atoms with Crippen LogP contribution in [0.3, 0.4) is 0 Å². The first-order valence-corrected chi connectivity index (χ1v) is 7.76. The van der Waals surface area contributed by atoms with Crippen molar-refractivity contribution in [1.82, 2.24) is 10.2 Å². The van der Waals surface area contributed by atoms with Crippen LogP contribution in [0.1, 0.15) is 30.1 Å². The van der Waals surface area contributed by atoms with Gasteiger partial charge in [0.25, 0.3) is 0 Å². The molecule has 0 bridgehead atoms. The number of aromatic nitrogens is 2. The second-order valence-electron chi connectivity index (χ2n) is 5.24. The molecule has 112 valence electrons. The minimum atomic E-state index is -0.328. The topological polar surface area (TPSA) is 65.2 Å². The molecule has 5 nitrogen and oxygen atoms in total. The zero-order chi connectivity index (χ0) is 15.5. The van der Waals surface area contributed by atoms with E-state index in [-0.39, 0.29) is 10.7 Å². The van der Waals surface area contributed by atoms with Crippen molar-refractivity contribution in [2.45, 2.75) is 25.5 Å². The van der Waals surface area contributed by atoms with E-state index >= 15 is 0 Å². The van der Waals surface area contributed by atoms with Gasteiger partial charge >= 0.3 is 5.97 Å². The summed E-state index contributed by atoms with van der Waals surface area (Å²) in [5.41, 5.74) is 1.28. The summed E-state index contributed by atoms with van der Waals surface area (Å²) in [4.78, 5) is 12.0. The van der Waals surface area contributed by atoms with Gasteiger partial charge in [0, 0.05) is 17.2 Å². The van der Waals surface area contributed by atoms with Gasteiger partial charge in [-0.15, -0.1) is 10.2 Å². The lowest BCUT2D eigenvalue weighted by Crippen LogP contribution is -2.24. The lowest BCUT2D eigenvalue weighted by Gasteiger charge is -2.21. The fourth-order valence-corrected chi connectivity index (χ4v) is 1.72. The molecule has 6 heteroatoms. The molecular weight excluding hydrogens is 288 g/mol. The molecule has 1 aromatic carbocycles. The maximum Gasteiger partial charge on any atom is 0.338 e. The summed E-state index contributed by atoms with van der Waals surface area (Å²) in [7, 11) is 0. The van der Waals surface area contributed by atoms with Crippen LogP contribution in [0.25, 0.3) is 11.5 Å². The van der Waals surface area contributed by atoms with E-state index in [1.165, 1.54) is 0 Å². The maximum atomic E-state index is 12.0.